The zero-order chi connectivity index (χ0) is 26.6. The number of rotatable bonds is 6. The van der Waals surface area contributed by atoms with Crippen LogP contribution < -0.4 is 10.5 Å². The summed E-state index contributed by atoms with van der Waals surface area (Å²) in [5.41, 5.74) is 12.0. The molecule has 38 heavy (non-hydrogen) atoms. The zero-order valence-electron chi connectivity index (χ0n) is 21.5. The number of pyridine rings is 1. The minimum Gasteiger partial charge on any atom is -0.474 e. The maximum atomic E-state index is 13.5. The summed E-state index contributed by atoms with van der Waals surface area (Å²) in [6.45, 7) is 4.48. The van der Waals surface area contributed by atoms with Crippen LogP contribution in [-0.2, 0) is 12.6 Å². The molecule has 3 aromatic heterocycles. The summed E-state index contributed by atoms with van der Waals surface area (Å²) < 4.78 is 21.6. The Hall–Kier alpha value is -3.63. The summed E-state index contributed by atoms with van der Waals surface area (Å²) in [5, 5.41) is 6.42. The molecule has 1 saturated heterocycles. The van der Waals surface area contributed by atoms with E-state index in [-0.39, 0.29) is 29.8 Å². The number of ether oxygens (including phenoxy) is 1. The molecular formula is C28H29FN6O2S. The molecule has 6 rings (SSSR count). The summed E-state index contributed by atoms with van der Waals surface area (Å²) in [4.78, 5) is 24.4. The van der Waals surface area contributed by atoms with Gasteiger partial charge in [0, 0.05) is 54.5 Å². The number of nitrogens with two attached hydrogens (primary N) is 1. The number of nitrogens with zero attached hydrogens (tertiary/aromatic N) is 5. The van der Waals surface area contributed by atoms with Gasteiger partial charge < -0.3 is 15.4 Å². The number of hydrogen-bond donors (Lipinski definition) is 1. The third-order valence-corrected chi connectivity index (χ3v) is 8.08. The van der Waals surface area contributed by atoms with Crippen molar-refractivity contribution < 1.29 is 13.9 Å². The molecule has 2 aliphatic rings. The lowest BCUT2D eigenvalue weighted by atomic mass is 9.94. The van der Waals surface area contributed by atoms with Gasteiger partial charge in [-0.2, -0.15) is 5.10 Å². The van der Waals surface area contributed by atoms with Crippen LogP contribution in [0.5, 0.6) is 5.88 Å². The van der Waals surface area contributed by atoms with Crippen LogP contribution in [0.2, 0.25) is 0 Å². The normalized spacial score (nSPS) is 20.8. The van der Waals surface area contributed by atoms with Gasteiger partial charge in [-0.05, 0) is 62.2 Å². The summed E-state index contributed by atoms with van der Waals surface area (Å²) in [7, 11) is 1.79. The van der Waals surface area contributed by atoms with Crippen molar-refractivity contribution in [3.05, 3.63) is 70.4 Å². The maximum Gasteiger partial charge on any atom is 0.272 e. The Morgan fingerprint density at radius 3 is 2.58 bits per heavy atom. The quantitative estimate of drug-likeness (QED) is 0.389. The summed E-state index contributed by atoms with van der Waals surface area (Å²) in [6.07, 6.45) is 1.57. The molecule has 3 atom stereocenters. The number of aryl methyl sites for hydroxylation is 1. The molecule has 4 heterocycles. The van der Waals surface area contributed by atoms with Gasteiger partial charge in [-0.25, -0.2) is 14.4 Å². The number of fused-ring (bicyclic) bond motifs is 2. The number of piperidine rings is 1. The van der Waals surface area contributed by atoms with E-state index in [0.29, 0.717) is 29.5 Å². The molecule has 2 fully saturated rings. The SMILES string of the molecule is Cn1nc(-c2cscn2)cc1C(=O)N1C[C@@H]2C[C@H]1C[C@H]2Oc1cc(C(C)(C)N)cc(-c2ccc(F)cc2)n1. The Morgan fingerprint density at radius 2 is 1.92 bits per heavy atom. The van der Waals surface area contributed by atoms with Crippen LogP contribution in [0, 0.1) is 11.7 Å². The van der Waals surface area contributed by atoms with Crippen molar-refractivity contribution in [1.29, 1.82) is 0 Å². The van der Waals surface area contributed by atoms with Gasteiger partial charge in [-0.15, -0.1) is 11.3 Å². The van der Waals surface area contributed by atoms with E-state index in [9.17, 15) is 9.18 Å². The predicted molar refractivity (Wildman–Crippen MR) is 143 cm³/mol. The fourth-order valence-corrected chi connectivity index (χ4v) is 5.99. The molecule has 1 amide bonds. The molecule has 2 bridgehead atoms. The van der Waals surface area contributed by atoms with Crippen molar-refractivity contribution >= 4 is 17.2 Å². The van der Waals surface area contributed by atoms with Gasteiger partial charge in [0.15, 0.2) is 0 Å². The first-order valence-electron chi connectivity index (χ1n) is 12.6. The first-order chi connectivity index (χ1) is 18.2. The third-order valence-electron chi connectivity index (χ3n) is 7.49. The Labute approximate surface area is 224 Å². The van der Waals surface area contributed by atoms with Crippen LogP contribution in [0.4, 0.5) is 4.39 Å². The second-order valence-corrected chi connectivity index (χ2v) is 11.4. The molecule has 1 aliphatic heterocycles. The molecule has 4 aromatic rings. The fourth-order valence-electron chi connectivity index (χ4n) is 5.44. The van der Waals surface area contributed by atoms with Crippen LogP contribution in [-0.4, -0.2) is 49.2 Å². The molecule has 1 saturated carbocycles. The molecule has 0 radical (unpaired) electrons. The van der Waals surface area contributed by atoms with Gasteiger partial charge in [-0.3, -0.25) is 9.48 Å². The number of likely N-dealkylation sites (tertiary alicyclic amines) is 1. The third kappa shape index (κ3) is 4.58. The number of hydrogen-bond acceptors (Lipinski definition) is 7. The molecule has 1 aliphatic carbocycles. The molecule has 10 heteroatoms. The zero-order valence-corrected chi connectivity index (χ0v) is 22.3. The Kier molecular flexibility index (Phi) is 6.03. The van der Waals surface area contributed by atoms with Gasteiger partial charge in [0.1, 0.15) is 29.0 Å². The molecule has 8 nitrogen and oxygen atoms in total. The van der Waals surface area contributed by atoms with Crippen molar-refractivity contribution in [3.63, 3.8) is 0 Å². The minimum absolute atomic E-state index is 0.0176. The number of carbonyl (C=O) groups excluding carboxylic acids is 1. The smallest absolute Gasteiger partial charge is 0.272 e. The molecule has 0 unspecified atom stereocenters. The number of halogens is 1. The highest BCUT2D eigenvalue weighted by molar-refractivity contribution is 7.07. The number of aromatic nitrogens is 4. The van der Waals surface area contributed by atoms with E-state index in [4.69, 9.17) is 15.5 Å². The summed E-state index contributed by atoms with van der Waals surface area (Å²) in [6, 6.07) is 12.0. The average Bonchev–Trinajstić information content (AvgIpc) is 3.68. The topological polar surface area (TPSA) is 99.2 Å². The highest BCUT2D eigenvalue weighted by atomic mass is 32.1. The Morgan fingerprint density at radius 1 is 1.13 bits per heavy atom. The van der Waals surface area contributed by atoms with Gasteiger partial charge in [0.05, 0.1) is 11.2 Å². The standard InChI is InChI=1S/C28H29FN6O2S/c1-28(2,30)18-9-21(16-4-6-19(29)7-5-16)32-26(10-18)37-25-11-20-8-17(25)13-35(20)27(36)24-12-22(33-34(24)3)23-14-38-15-31-23/h4-7,9-10,12,14-15,17,20,25H,8,11,13,30H2,1-3H3/t17-,20-,25+/m0/s1. The van der Waals surface area contributed by atoms with Crippen LogP contribution in [0.15, 0.2) is 53.4 Å². The van der Waals surface area contributed by atoms with E-state index < -0.39 is 5.54 Å². The van der Waals surface area contributed by atoms with Crippen LogP contribution in [0.3, 0.4) is 0 Å². The Balaban J connectivity index is 1.19. The molecular weight excluding hydrogens is 503 g/mol. The highest BCUT2D eigenvalue weighted by Gasteiger charge is 2.48. The van der Waals surface area contributed by atoms with Gasteiger partial charge in [-0.1, -0.05) is 0 Å². The largest absolute Gasteiger partial charge is 0.474 e. The van der Waals surface area contributed by atoms with E-state index in [1.54, 1.807) is 29.4 Å². The van der Waals surface area contributed by atoms with E-state index >= 15 is 0 Å². The molecule has 1 aromatic carbocycles. The lowest BCUT2D eigenvalue weighted by Crippen LogP contribution is -2.43. The van der Waals surface area contributed by atoms with Crippen molar-refractivity contribution in [2.24, 2.45) is 18.7 Å². The Bertz CT molecular complexity index is 1480. The number of amides is 1. The van der Waals surface area contributed by atoms with Crippen molar-refractivity contribution in [2.45, 2.75) is 44.4 Å². The minimum atomic E-state index is -0.603. The van der Waals surface area contributed by atoms with Crippen molar-refractivity contribution in [3.8, 4) is 28.5 Å². The summed E-state index contributed by atoms with van der Waals surface area (Å²) in [5.74, 6) is 0.388. The lowest BCUT2D eigenvalue weighted by Gasteiger charge is -2.32. The van der Waals surface area contributed by atoms with Crippen LogP contribution >= 0.6 is 11.3 Å². The molecule has 0 spiro atoms. The van der Waals surface area contributed by atoms with E-state index in [2.05, 4.69) is 10.1 Å². The van der Waals surface area contributed by atoms with E-state index in [0.717, 1.165) is 29.7 Å². The highest BCUT2D eigenvalue weighted by Crippen LogP contribution is 2.41. The van der Waals surface area contributed by atoms with Crippen LogP contribution in [0.1, 0.15) is 42.7 Å². The number of carbonyl (C=O) groups is 1. The van der Waals surface area contributed by atoms with E-state index in [1.807, 2.05) is 42.3 Å². The van der Waals surface area contributed by atoms with Crippen LogP contribution in [0.25, 0.3) is 22.6 Å². The first kappa shape index (κ1) is 24.7. The van der Waals surface area contributed by atoms with E-state index in [1.165, 1.54) is 23.5 Å². The second-order valence-electron chi connectivity index (χ2n) is 10.7. The maximum absolute atomic E-state index is 13.5. The van der Waals surface area contributed by atoms with Gasteiger partial charge in [0.25, 0.3) is 5.91 Å². The van der Waals surface area contributed by atoms with Gasteiger partial charge in [0.2, 0.25) is 5.88 Å². The van der Waals surface area contributed by atoms with Crippen molar-refractivity contribution in [2.75, 3.05) is 6.54 Å². The monoisotopic (exact) mass is 532 g/mol. The second kappa shape index (κ2) is 9.28. The lowest BCUT2D eigenvalue weighted by molar-refractivity contribution is 0.0553. The van der Waals surface area contributed by atoms with Crippen molar-refractivity contribution in [1.82, 2.24) is 24.6 Å². The summed E-state index contributed by atoms with van der Waals surface area (Å²) >= 11 is 1.50. The molecule has 2 N–H and O–H groups in total. The number of thiazole rings is 1. The average molecular weight is 533 g/mol. The number of benzene rings is 1. The fraction of sp³-hybridized carbons (Fsp3) is 0.357. The predicted octanol–water partition coefficient (Wildman–Crippen LogP) is 4.62. The van der Waals surface area contributed by atoms with Gasteiger partial charge >= 0.3 is 0 Å². The molecule has 196 valence electrons. The first-order valence-corrected chi connectivity index (χ1v) is 13.6.